The maximum atomic E-state index is 12.9. The van der Waals surface area contributed by atoms with Crippen molar-refractivity contribution in [3.63, 3.8) is 0 Å². The van der Waals surface area contributed by atoms with Crippen LogP contribution in [0.1, 0.15) is 30.6 Å². The number of amides is 1. The zero-order valence-electron chi connectivity index (χ0n) is 16.8. The molecule has 1 heterocycles. The molecule has 0 spiro atoms. The molecule has 28 heavy (non-hydrogen) atoms. The Morgan fingerprint density at radius 2 is 1.86 bits per heavy atom. The van der Waals surface area contributed by atoms with E-state index < -0.39 is 0 Å². The average Bonchev–Trinajstić information content (AvgIpc) is 2.72. The lowest BCUT2D eigenvalue weighted by Crippen LogP contribution is -2.25. The lowest BCUT2D eigenvalue weighted by molar-refractivity contribution is 0.0953. The van der Waals surface area contributed by atoms with Crippen molar-refractivity contribution in [1.29, 1.82) is 0 Å². The van der Waals surface area contributed by atoms with Gasteiger partial charge >= 0.3 is 0 Å². The molecule has 0 aliphatic heterocycles. The number of carbonyl (C=O) groups excluding carboxylic acids is 1. The lowest BCUT2D eigenvalue weighted by Gasteiger charge is -2.14. The third kappa shape index (κ3) is 4.25. The van der Waals surface area contributed by atoms with Crippen LogP contribution in [0.15, 0.2) is 48.5 Å². The van der Waals surface area contributed by atoms with Crippen LogP contribution in [0, 0.1) is 5.92 Å². The first-order chi connectivity index (χ1) is 13.5. The quantitative estimate of drug-likeness (QED) is 0.648. The molecule has 0 bridgehead atoms. The molecule has 1 aromatic heterocycles. The van der Waals surface area contributed by atoms with Crippen molar-refractivity contribution in [1.82, 2.24) is 10.3 Å². The van der Waals surface area contributed by atoms with Crippen LogP contribution in [-0.4, -0.2) is 31.7 Å². The maximum Gasteiger partial charge on any atom is 0.252 e. The Bertz CT molecular complexity index is 983. The molecule has 0 saturated carbocycles. The first-order valence-corrected chi connectivity index (χ1v) is 9.44. The van der Waals surface area contributed by atoms with Gasteiger partial charge in [-0.05, 0) is 36.6 Å². The van der Waals surface area contributed by atoms with Crippen LogP contribution in [0.3, 0.4) is 0 Å². The number of carbonyl (C=O) groups is 1. The fraction of sp³-hybridized carbons (Fsp3) is 0.304. The minimum absolute atomic E-state index is 0.0898. The van der Waals surface area contributed by atoms with Crippen LogP contribution >= 0.6 is 0 Å². The Labute approximate surface area is 165 Å². The smallest absolute Gasteiger partial charge is 0.252 e. The Kier molecular flexibility index (Phi) is 6.14. The van der Waals surface area contributed by atoms with Crippen LogP contribution in [0.2, 0.25) is 0 Å². The number of hydrogen-bond acceptors (Lipinski definition) is 4. The normalized spacial score (nSPS) is 10.9. The number of para-hydroxylation sites is 1. The van der Waals surface area contributed by atoms with E-state index in [1.54, 1.807) is 14.2 Å². The van der Waals surface area contributed by atoms with Gasteiger partial charge in [0.15, 0.2) is 0 Å². The van der Waals surface area contributed by atoms with E-state index in [4.69, 9.17) is 14.5 Å². The lowest BCUT2D eigenvalue weighted by atomic mass is 10.0. The van der Waals surface area contributed by atoms with E-state index in [1.807, 2.05) is 48.5 Å². The van der Waals surface area contributed by atoms with E-state index in [0.717, 1.165) is 22.9 Å². The molecular weight excluding hydrogens is 352 g/mol. The summed E-state index contributed by atoms with van der Waals surface area (Å²) in [6, 6.07) is 15.1. The number of rotatable bonds is 7. The molecule has 2 aromatic carbocycles. The Hall–Kier alpha value is -3.08. The molecule has 0 aliphatic rings. The summed E-state index contributed by atoms with van der Waals surface area (Å²) in [7, 11) is 3.22. The number of benzene rings is 2. The van der Waals surface area contributed by atoms with Crippen molar-refractivity contribution < 1.29 is 14.3 Å². The van der Waals surface area contributed by atoms with Crippen LogP contribution in [0.5, 0.6) is 11.5 Å². The van der Waals surface area contributed by atoms with Crippen LogP contribution in [0.25, 0.3) is 22.2 Å². The molecule has 0 atom stereocenters. The molecule has 0 saturated heterocycles. The number of methoxy groups -OCH3 is 2. The highest BCUT2D eigenvalue weighted by Crippen LogP contribution is 2.34. The van der Waals surface area contributed by atoms with E-state index in [2.05, 4.69) is 19.2 Å². The van der Waals surface area contributed by atoms with Crippen LogP contribution < -0.4 is 14.8 Å². The van der Waals surface area contributed by atoms with Crippen molar-refractivity contribution >= 4 is 16.8 Å². The second-order valence-electron chi connectivity index (χ2n) is 7.08. The van der Waals surface area contributed by atoms with Gasteiger partial charge in [0.05, 0.1) is 31.0 Å². The zero-order chi connectivity index (χ0) is 20.1. The highest BCUT2D eigenvalue weighted by atomic mass is 16.5. The summed E-state index contributed by atoms with van der Waals surface area (Å²) in [5, 5.41) is 3.86. The fourth-order valence-electron chi connectivity index (χ4n) is 3.08. The van der Waals surface area contributed by atoms with Crippen molar-refractivity contribution in [3.8, 4) is 22.8 Å². The van der Waals surface area contributed by atoms with Gasteiger partial charge in [-0.1, -0.05) is 32.0 Å². The van der Waals surface area contributed by atoms with Gasteiger partial charge in [-0.25, -0.2) is 4.98 Å². The summed E-state index contributed by atoms with van der Waals surface area (Å²) >= 11 is 0. The number of fused-ring (bicyclic) bond motifs is 1. The number of nitrogens with zero attached hydrogens (tertiary/aromatic N) is 1. The molecule has 0 radical (unpaired) electrons. The molecule has 3 aromatic rings. The van der Waals surface area contributed by atoms with Crippen LogP contribution in [0.4, 0.5) is 0 Å². The van der Waals surface area contributed by atoms with Gasteiger partial charge < -0.3 is 14.8 Å². The van der Waals surface area contributed by atoms with E-state index in [9.17, 15) is 4.79 Å². The highest BCUT2D eigenvalue weighted by Gasteiger charge is 2.16. The molecule has 146 valence electrons. The Morgan fingerprint density at radius 3 is 2.57 bits per heavy atom. The standard InChI is InChI=1S/C23H26N2O3/c1-15(2)11-12-24-23(26)19-14-21(25-20-8-6-5-7-17(19)20)18-10-9-16(27-3)13-22(18)28-4/h5-10,13-15H,11-12H2,1-4H3,(H,24,26). The summed E-state index contributed by atoms with van der Waals surface area (Å²) in [4.78, 5) is 17.6. The third-order valence-electron chi connectivity index (χ3n) is 4.65. The summed E-state index contributed by atoms with van der Waals surface area (Å²) in [5.74, 6) is 1.79. The van der Waals surface area contributed by atoms with Crippen molar-refractivity contribution in [2.75, 3.05) is 20.8 Å². The van der Waals surface area contributed by atoms with Gasteiger partial charge in [0.1, 0.15) is 11.5 Å². The minimum Gasteiger partial charge on any atom is -0.497 e. The summed E-state index contributed by atoms with van der Waals surface area (Å²) < 4.78 is 10.8. The number of hydrogen-bond donors (Lipinski definition) is 1. The minimum atomic E-state index is -0.0898. The number of pyridine rings is 1. The molecular formula is C23H26N2O3. The predicted molar refractivity (Wildman–Crippen MR) is 112 cm³/mol. The van der Waals surface area contributed by atoms with Crippen molar-refractivity contribution in [2.45, 2.75) is 20.3 Å². The molecule has 3 rings (SSSR count). The van der Waals surface area contributed by atoms with E-state index in [-0.39, 0.29) is 5.91 Å². The molecule has 5 nitrogen and oxygen atoms in total. The fourth-order valence-corrected chi connectivity index (χ4v) is 3.08. The topological polar surface area (TPSA) is 60.5 Å². The van der Waals surface area contributed by atoms with Crippen molar-refractivity contribution in [2.24, 2.45) is 5.92 Å². The van der Waals surface area contributed by atoms with Gasteiger partial charge in [-0.2, -0.15) is 0 Å². The second-order valence-corrected chi connectivity index (χ2v) is 7.08. The molecule has 5 heteroatoms. The second kappa shape index (κ2) is 8.74. The SMILES string of the molecule is COc1ccc(-c2cc(C(=O)NCCC(C)C)c3ccccc3n2)c(OC)c1. The molecule has 1 amide bonds. The maximum absolute atomic E-state index is 12.9. The van der Waals surface area contributed by atoms with Gasteiger partial charge in [0, 0.05) is 23.6 Å². The average molecular weight is 378 g/mol. The Morgan fingerprint density at radius 1 is 1.07 bits per heavy atom. The number of ether oxygens (including phenoxy) is 2. The largest absolute Gasteiger partial charge is 0.497 e. The summed E-state index contributed by atoms with van der Waals surface area (Å²) in [5.41, 5.74) is 2.88. The molecule has 1 N–H and O–H groups in total. The van der Waals surface area contributed by atoms with Crippen molar-refractivity contribution in [3.05, 3.63) is 54.1 Å². The predicted octanol–water partition coefficient (Wildman–Crippen LogP) is 4.69. The van der Waals surface area contributed by atoms with Crippen LogP contribution in [-0.2, 0) is 0 Å². The first-order valence-electron chi connectivity index (χ1n) is 9.44. The molecule has 0 fully saturated rings. The monoisotopic (exact) mass is 378 g/mol. The first kappa shape index (κ1) is 19.7. The van der Waals surface area contributed by atoms with E-state index >= 15 is 0 Å². The van der Waals surface area contributed by atoms with E-state index in [0.29, 0.717) is 35.2 Å². The third-order valence-corrected chi connectivity index (χ3v) is 4.65. The molecule has 0 aliphatic carbocycles. The highest BCUT2D eigenvalue weighted by molar-refractivity contribution is 6.07. The van der Waals surface area contributed by atoms with E-state index in [1.165, 1.54) is 0 Å². The number of nitrogens with one attached hydrogen (secondary N) is 1. The Balaban J connectivity index is 2.07. The van der Waals surface area contributed by atoms with Gasteiger partial charge in [0.25, 0.3) is 5.91 Å². The summed E-state index contributed by atoms with van der Waals surface area (Å²) in [6.45, 7) is 4.93. The molecule has 0 unspecified atom stereocenters. The van der Waals surface area contributed by atoms with Gasteiger partial charge in [-0.15, -0.1) is 0 Å². The number of aromatic nitrogens is 1. The summed E-state index contributed by atoms with van der Waals surface area (Å²) in [6.07, 6.45) is 0.938. The zero-order valence-corrected chi connectivity index (χ0v) is 16.8. The van der Waals surface area contributed by atoms with Gasteiger partial charge in [-0.3, -0.25) is 4.79 Å². The van der Waals surface area contributed by atoms with Gasteiger partial charge in [0.2, 0.25) is 0 Å².